The lowest BCUT2D eigenvalue weighted by atomic mass is 10.00. The minimum atomic E-state index is 1.09. The Morgan fingerprint density at radius 2 is 0.524 bits per heavy atom. The molecule has 0 fully saturated rings. The van der Waals surface area contributed by atoms with E-state index in [4.69, 9.17) is 0 Å². The van der Waals surface area contributed by atoms with Crippen LogP contribution in [0.1, 0.15) is 16.7 Å². The Bertz CT molecular complexity index is 4660. The lowest BCUT2D eigenvalue weighted by Gasteiger charge is -2.13. The molecule has 0 aromatic heterocycles. The number of aryl methyl sites for hydroxylation is 3. The molecular formula is C81H63N3. The summed E-state index contributed by atoms with van der Waals surface area (Å²) in [6.45, 7) is 6.35. The summed E-state index contributed by atoms with van der Waals surface area (Å²) in [4.78, 5) is 0. The molecule has 0 bridgehead atoms. The number of benzene rings is 15. The highest BCUT2D eigenvalue weighted by atomic mass is 14.9. The van der Waals surface area contributed by atoms with Crippen molar-refractivity contribution in [3.8, 4) is 33.4 Å². The molecule has 15 aromatic carbocycles. The van der Waals surface area contributed by atoms with Crippen LogP contribution in [-0.4, -0.2) is 0 Å². The molecule has 0 saturated heterocycles. The van der Waals surface area contributed by atoms with E-state index in [1.807, 2.05) is 0 Å². The molecule has 0 aliphatic heterocycles. The molecule has 15 rings (SSSR count). The van der Waals surface area contributed by atoms with Crippen molar-refractivity contribution in [1.29, 1.82) is 0 Å². The Kier molecular flexibility index (Phi) is 14.9. The van der Waals surface area contributed by atoms with Gasteiger partial charge in [0.05, 0.1) is 0 Å². The van der Waals surface area contributed by atoms with Crippen LogP contribution >= 0.6 is 0 Å². The van der Waals surface area contributed by atoms with Gasteiger partial charge in [-0.2, -0.15) is 0 Å². The molecule has 402 valence electrons. The molecular weight excluding hydrogens is 1010 g/mol. The first-order valence-electron chi connectivity index (χ1n) is 28.9. The van der Waals surface area contributed by atoms with Crippen molar-refractivity contribution >= 4 is 98.8 Å². The van der Waals surface area contributed by atoms with Crippen molar-refractivity contribution in [1.82, 2.24) is 0 Å². The van der Waals surface area contributed by atoms with E-state index in [2.05, 4.69) is 346 Å². The van der Waals surface area contributed by atoms with Crippen LogP contribution in [0.5, 0.6) is 0 Å². The zero-order valence-electron chi connectivity index (χ0n) is 47.4. The van der Waals surface area contributed by atoms with Crippen molar-refractivity contribution in [2.24, 2.45) is 0 Å². The minimum Gasteiger partial charge on any atom is -0.356 e. The average Bonchev–Trinajstić information content (AvgIpc) is 3.04. The van der Waals surface area contributed by atoms with Gasteiger partial charge in [-0.25, -0.2) is 0 Å². The molecule has 0 aliphatic carbocycles. The van der Waals surface area contributed by atoms with Gasteiger partial charge < -0.3 is 16.0 Å². The highest BCUT2D eigenvalue weighted by Crippen LogP contribution is 2.37. The van der Waals surface area contributed by atoms with E-state index < -0.39 is 0 Å². The summed E-state index contributed by atoms with van der Waals surface area (Å²) in [5.41, 5.74) is 17.9. The van der Waals surface area contributed by atoms with Crippen molar-refractivity contribution in [3.05, 3.63) is 326 Å². The Hall–Kier alpha value is -10.7. The summed E-state index contributed by atoms with van der Waals surface area (Å²) in [5, 5.41) is 26.0. The lowest BCUT2D eigenvalue weighted by molar-refractivity contribution is 1.47. The van der Waals surface area contributed by atoms with Gasteiger partial charge in [-0.15, -0.1) is 0 Å². The number of anilines is 6. The van der Waals surface area contributed by atoms with E-state index in [0.717, 1.165) is 34.1 Å². The van der Waals surface area contributed by atoms with Crippen LogP contribution in [0.2, 0.25) is 0 Å². The second-order valence-electron chi connectivity index (χ2n) is 21.8. The third kappa shape index (κ3) is 11.6. The third-order valence-corrected chi connectivity index (χ3v) is 15.9. The van der Waals surface area contributed by atoms with Crippen LogP contribution < -0.4 is 16.0 Å². The predicted molar refractivity (Wildman–Crippen MR) is 364 cm³/mol. The van der Waals surface area contributed by atoms with Crippen LogP contribution in [0.4, 0.5) is 34.1 Å². The fourth-order valence-corrected chi connectivity index (χ4v) is 11.4. The van der Waals surface area contributed by atoms with Gasteiger partial charge in [0.15, 0.2) is 0 Å². The number of nitrogens with one attached hydrogen (secondary N) is 3. The second kappa shape index (κ2) is 23.8. The number of fused-ring (bicyclic) bond motifs is 9. The average molecular weight is 1080 g/mol. The summed E-state index contributed by atoms with van der Waals surface area (Å²) in [6.07, 6.45) is 0. The van der Waals surface area contributed by atoms with E-state index in [-0.39, 0.29) is 0 Å². The van der Waals surface area contributed by atoms with Gasteiger partial charge in [0.2, 0.25) is 0 Å². The number of hydrogen-bond acceptors (Lipinski definition) is 3. The maximum absolute atomic E-state index is 3.63. The first-order chi connectivity index (χ1) is 41.3. The molecule has 84 heavy (non-hydrogen) atoms. The van der Waals surface area contributed by atoms with Crippen LogP contribution in [-0.2, 0) is 0 Å². The van der Waals surface area contributed by atoms with Crippen molar-refractivity contribution < 1.29 is 0 Å². The van der Waals surface area contributed by atoms with Gasteiger partial charge in [-0.05, 0) is 169 Å². The van der Waals surface area contributed by atoms with Crippen molar-refractivity contribution in [3.63, 3.8) is 0 Å². The Balaban J connectivity index is 0.000000118. The van der Waals surface area contributed by atoms with Gasteiger partial charge in [-0.3, -0.25) is 0 Å². The Morgan fingerprint density at radius 3 is 1.04 bits per heavy atom. The highest BCUT2D eigenvalue weighted by Gasteiger charge is 2.10. The topological polar surface area (TPSA) is 36.1 Å². The molecule has 3 N–H and O–H groups in total. The van der Waals surface area contributed by atoms with Crippen LogP contribution in [0.3, 0.4) is 0 Å². The molecule has 0 unspecified atom stereocenters. The number of rotatable bonds is 9. The second-order valence-corrected chi connectivity index (χ2v) is 21.8. The maximum atomic E-state index is 3.63. The van der Waals surface area contributed by atoms with Crippen LogP contribution in [0.25, 0.3) is 98.0 Å². The van der Waals surface area contributed by atoms with Crippen LogP contribution in [0.15, 0.2) is 309 Å². The lowest BCUT2D eigenvalue weighted by Crippen LogP contribution is -1.92. The Labute approximate surface area is 492 Å². The normalized spacial score (nSPS) is 11.0. The Morgan fingerprint density at radius 1 is 0.190 bits per heavy atom. The predicted octanol–water partition coefficient (Wildman–Crippen LogP) is 23.1. The summed E-state index contributed by atoms with van der Waals surface area (Å²) in [7, 11) is 0. The molecule has 3 nitrogen and oxygen atoms in total. The molecule has 0 amide bonds. The molecule has 0 atom stereocenters. The first kappa shape index (κ1) is 52.6. The monoisotopic (exact) mass is 1080 g/mol. The van der Waals surface area contributed by atoms with Gasteiger partial charge >= 0.3 is 0 Å². The largest absolute Gasteiger partial charge is 0.356 e. The maximum Gasteiger partial charge on any atom is 0.0470 e. The molecule has 15 aromatic rings. The van der Waals surface area contributed by atoms with Crippen molar-refractivity contribution in [2.75, 3.05) is 16.0 Å². The molecule has 0 spiro atoms. The molecule has 0 aliphatic rings. The quantitative estimate of drug-likeness (QED) is 0.126. The van der Waals surface area contributed by atoms with E-state index in [1.54, 1.807) is 0 Å². The molecule has 0 saturated carbocycles. The zero-order chi connectivity index (χ0) is 56.8. The molecule has 3 heteroatoms. The zero-order valence-corrected chi connectivity index (χ0v) is 47.4. The van der Waals surface area contributed by atoms with E-state index in [1.165, 1.54) is 115 Å². The minimum absolute atomic E-state index is 1.09. The van der Waals surface area contributed by atoms with Gasteiger partial charge in [0, 0.05) is 44.9 Å². The third-order valence-electron chi connectivity index (χ3n) is 15.9. The first-order valence-corrected chi connectivity index (χ1v) is 28.9. The smallest absolute Gasteiger partial charge is 0.0470 e. The summed E-state index contributed by atoms with van der Waals surface area (Å²) in [6, 6.07) is 110. The fraction of sp³-hybridized carbons (Fsp3) is 0.0370. The fourth-order valence-electron chi connectivity index (χ4n) is 11.4. The summed E-state index contributed by atoms with van der Waals surface area (Å²) < 4.78 is 0. The van der Waals surface area contributed by atoms with E-state index in [0.29, 0.717) is 0 Å². The number of hydrogen-bond donors (Lipinski definition) is 3. The van der Waals surface area contributed by atoms with Crippen LogP contribution in [0, 0.1) is 20.8 Å². The highest BCUT2D eigenvalue weighted by molar-refractivity contribution is 6.15. The standard InChI is InChI=1S/3C27H21N/c1-19-10-12-20(13-11-19)21-14-16-23(17-15-21)28-27-18-22-6-2-3-7-24(22)25-8-4-5-9-26(25)27;1-19-9-11-20(12-10-19)21-15-17-24(18-16-21)28-26-8-4-6-23-14-13-22-5-2-3-7-25(22)27(23)26;1-19-6-8-20(9-7-19)21-12-15-24(16-13-21)28-25-17-14-23-11-10-22-4-2-3-5-26(22)27(23)18-25/h3*2-18,28H,1H3. The van der Waals surface area contributed by atoms with E-state index >= 15 is 0 Å². The van der Waals surface area contributed by atoms with Gasteiger partial charge in [-0.1, -0.05) is 265 Å². The summed E-state index contributed by atoms with van der Waals surface area (Å²) >= 11 is 0. The SMILES string of the molecule is Cc1ccc(-c2ccc(Nc3cc4ccccc4c4ccccc34)cc2)cc1.Cc1ccc(-c2ccc(Nc3ccc4ccc5ccccc5c4c3)cc2)cc1.Cc1ccc(-c2ccc(Nc3cccc4ccc5ccccc5c34)cc2)cc1. The van der Waals surface area contributed by atoms with Crippen molar-refractivity contribution in [2.45, 2.75) is 20.8 Å². The van der Waals surface area contributed by atoms with E-state index in [9.17, 15) is 0 Å². The summed E-state index contributed by atoms with van der Waals surface area (Å²) in [5.74, 6) is 0. The van der Waals surface area contributed by atoms with Gasteiger partial charge in [0.1, 0.15) is 0 Å². The molecule has 0 radical (unpaired) electrons. The van der Waals surface area contributed by atoms with Gasteiger partial charge in [0.25, 0.3) is 0 Å². The molecule has 0 heterocycles.